The van der Waals surface area contributed by atoms with Crippen LogP contribution in [0.4, 0.5) is 4.39 Å². The molecule has 0 aliphatic carbocycles. The Morgan fingerprint density at radius 3 is 2.85 bits per heavy atom. The summed E-state index contributed by atoms with van der Waals surface area (Å²) in [7, 11) is 1.85. The molecule has 4 rings (SSSR count). The molecular formula is C19H19FN4OS. The highest BCUT2D eigenvalue weighted by atomic mass is 32.1. The van der Waals surface area contributed by atoms with E-state index >= 15 is 0 Å². The van der Waals surface area contributed by atoms with Gasteiger partial charge in [-0.15, -0.1) is 11.3 Å². The number of rotatable bonds is 2. The number of fused-ring (bicyclic) bond motifs is 1. The van der Waals surface area contributed by atoms with Gasteiger partial charge in [-0.25, -0.2) is 9.37 Å². The number of nitrogens with zero attached hydrogens (tertiary/aromatic N) is 4. The van der Waals surface area contributed by atoms with E-state index in [9.17, 15) is 9.18 Å². The van der Waals surface area contributed by atoms with Crippen LogP contribution in [0.15, 0.2) is 36.8 Å². The van der Waals surface area contributed by atoms with Gasteiger partial charge < -0.3 is 4.90 Å². The molecule has 5 nitrogen and oxygen atoms in total. The van der Waals surface area contributed by atoms with E-state index in [-0.39, 0.29) is 23.8 Å². The number of benzene rings is 1. The minimum Gasteiger partial charge on any atom is -0.328 e. The molecule has 1 aliphatic heterocycles. The molecule has 1 amide bonds. The molecule has 0 N–H and O–H groups in total. The predicted octanol–water partition coefficient (Wildman–Crippen LogP) is 3.83. The molecule has 0 unspecified atom stereocenters. The first-order chi connectivity index (χ1) is 12.4. The Morgan fingerprint density at radius 1 is 1.31 bits per heavy atom. The number of carbonyl (C=O) groups is 1. The summed E-state index contributed by atoms with van der Waals surface area (Å²) in [5, 5.41) is 4.93. The second kappa shape index (κ2) is 6.32. The Morgan fingerprint density at radius 2 is 2.12 bits per heavy atom. The molecule has 3 heterocycles. The fraction of sp³-hybridized carbons (Fsp3) is 0.316. The quantitative estimate of drug-likeness (QED) is 0.689. The van der Waals surface area contributed by atoms with Gasteiger partial charge >= 0.3 is 0 Å². The van der Waals surface area contributed by atoms with Gasteiger partial charge in [0, 0.05) is 24.8 Å². The van der Waals surface area contributed by atoms with E-state index in [0.29, 0.717) is 11.3 Å². The van der Waals surface area contributed by atoms with Crippen molar-refractivity contribution < 1.29 is 9.18 Å². The second-order valence-electron chi connectivity index (χ2n) is 6.72. The zero-order valence-corrected chi connectivity index (χ0v) is 15.6. The molecule has 1 aromatic carbocycles. The van der Waals surface area contributed by atoms with Crippen molar-refractivity contribution in [2.45, 2.75) is 32.4 Å². The lowest BCUT2D eigenvalue weighted by Gasteiger charge is -2.40. The lowest BCUT2D eigenvalue weighted by atomic mass is 9.89. The highest BCUT2D eigenvalue weighted by molar-refractivity contribution is 7.16. The summed E-state index contributed by atoms with van der Waals surface area (Å²) in [4.78, 5) is 20.0. The van der Waals surface area contributed by atoms with Crippen LogP contribution in [0.1, 0.15) is 40.7 Å². The van der Waals surface area contributed by atoms with E-state index in [0.717, 1.165) is 21.7 Å². The Kier molecular flexibility index (Phi) is 4.11. The molecule has 26 heavy (non-hydrogen) atoms. The largest absolute Gasteiger partial charge is 0.328 e. The Hall–Kier alpha value is -2.54. The van der Waals surface area contributed by atoms with Gasteiger partial charge in [0.1, 0.15) is 15.7 Å². The molecule has 0 spiro atoms. The Balaban J connectivity index is 1.64. The third kappa shape index (κ3) is 2.82. The third-order valence-electron chi connectivity index (χ3n) is 4.87. The third-order valence-corrected chi connectivity index (χ3v) is 5.90. The van der Waals surface area contributed by atoms with Gasteiger partial charge in [0.25, 0.3) is 5.91 Å². The highest BCUT2D eigenvalue weighted by Crippen LogP contribution is 2.35. The first-order valence-corrected chi connectivity index (χ1v) is 9.31. The summed E-state index contributed by atoms with van der Waals surface area (Å²) >= 11 is 1.37. The molecule has 7 heteroatoms. The molecule has 1 aliphatic rings. The van der Waals surface area contributed by atoms with Crippen molar-refractivity contribution in [2.75, 3.05) is 0 Å². The van der Waals surface area contributed by atoms with Crippen LogP contribution in [-0.2, 0) is 13.5 Å². The van der Waals surface area contributed by atoms with E-state index in [2.05, 4.69) is 10.1 Å². The van der Waals surface area contributed by atoms with Gasteiger partial charge in [-0.05, 0) is 43.5 Å². The van der Waals surface area contributed by atoms with Crippen LogP contribution in [0.5, 0.6) is 0 Å². The maximum Gasteiger partial charge on any atom is 0.266 e. The average molecular weight is 370 g/mol. The standard InChI is InChI=1S/C19H19FN4OS/c1-11-6-13-7-15(20)4-5-16(13)12(2)24(11)19(25)17-9-21-18(26-17)14-8-22-23(3)10-14/h4-5,7-12H,6H2,1-3H3/t11-,12+/m0/s1. The van der Waals surface area contributed by atoms with E-state index in [4.69, 9.17) is 0 Å². The van der Waals surface area contributed by atoms with Crippen LogP contribution in [0.2, 0.25) is 0 Å². The first-order valence-electron chi connectivity index (χ1n) is 8.50. The average Bonchev–Trinajstić information content (AvgIpc) is 3.23. The van der Waals surface area contributed by atoms with Crippen LogP contribution >= 0.6 is 11.3 Å². The van der Waals surface area contributed by atoms with E-state index < -0.39 is 0 Å². The molecule has 0 fully saturated rings. The molecule has 2 atom stereocenters. The molecule has 2 aromatic heterocycles. The fourth-order valence-corrected chi connectivity index (χ4v) is 4.48. The van der Waals surface area contributed by atoms with Gasteiger partial charge in [-0.1, -0.05) is 6.07 Å². The van der Waals surface area contributed by atoms with Gasteiger partial charge in [-0.2, -0.15) is 5.10 Å². The van der Waals surface area contributed by atoms with Crippen LogP contribution in [0.25, 0.3) is 10.6 Å². The minimum absolute atomic E-state index is 0.00394. The molecular weight excluding hydrogens is 351 g/mol. The van der Waals surface area contributed by atoms with Gasteiger partial charge in [0.2, 0.25) is 0 Å². The first kappa shape index (κ1) is 16.9. The fourth-order valence-electron chi connectivity index (χ4n) is 3.65. The molecule has 0 bridgehead atoms. The molecule has 0 saturated carbocycles. The van der Waals surface area contributed by atoms with E-state index in [1.165, 1.54) is 17.4 Å². The summed E-state index contributed by atoms with van der Waals surface area (Å²) in [6, 6.07) is 4.72. The topological polar surface area (TPSA) is 51.0 Å². The second-order valence-corrected chi connectivity index (χ2v) is 7.75. The highest BCUT2D eigenvalue weighted by Gasteiger charge is 2.34. The van der Waals surface area contributed by atoms with Crippen molar-refractivity contribution in [3.05, 3.63) is 58.6 Å². The van der Waals surface area contributed by atoms with E-state index in [1.54, 1.807) is 29.2 Å². The Bertz CT molecular complexity index is 980. The summed E-state index contributed by atoms with van der Waals surface area (Å²) in [6.07, 6.45) is 5.90. The molecule has 3 aromatic rings. The normalized spacial score (nSPS) is 19.5. The maximum absolute atomic E-state index is 13.5. The van der Waals surface area contributed by atoms with Crippen molar-refractivity contribution in [3.8, 4) is 10.6 Å². The summed E-state index contributed by atoms with van der Waals surface area (Å²) in [5.41, 5.74) is 2.89. The number of aryl methyl sites for hydroxylation is 1. The number of hydrogen-bond acceptors (Lipinski definition) is 4. The molecule has 0 saturated heterocycles. The SMILES string of the molecule is C[C@@H]1c2ccc(F)cc2C[C@H](C)N1C(=O)c1cnc(-c2cnn(C)c2)s1. The van der Waals surface area contributed by atoms with Crippen molar-refractivity contribution in [2.24, 2.45) is 7.05 Å². The maximum atomic E-state index is 13.5. The van der Waals surface area contributed by atoms with Crippen LogP contribution < -0.4 is 0 Å². The van der Waals surface area contributed by atoms with Gasteiger partial charge in [0.15, 0.2) is 0 Å². The monoisotopic (exact) mass is 370 g/mol. The summed E-state index contributed by atoms with van der Waals surface area (Å²) in [6.45, 7) is 4.00. The minimum atomic E-state index is -0.230. The van der Waals surface area contributed by atoms with Crippen LogP contribution in [0, 0.1) is 5.82 Å². The number of amides is 1. The molecule has 0 radical (unpaired) electrons. The predicted molar refractivity (Wildman–Crippen MR) is 98.5 cm³/mol. The number of carbonyl (C=O) groups excluding carboxylic acids is 1. The van der Waals surface area contributed by atoms with Crippen LogP contribution in [0.3, 0.4) is 0 Å². The Labute approximate surface area is 155 Å². The number of thiazole rings is 1. The van der Waals surface area contributed by atoms with Gasteiger partial charge in [0.05, 0.1) is 18.4 Å². The van der Waals surface area contributed by atoms with Gasteiger partial charge in [-0.3, -0.25) is 9.48 Å². The number of hydrogen-bond donors (Lipinski definition) is 0. The van der Waals surface area contributed by atoms with Crippen LogP contribution in [-0.4, -0.2) is 31.6 Å². The van der Waals surface area contributed by atoms with Crippen molar-refractivity contribution in [1.82, 2.24) is 19.7 Å². The van der Waals surface area contributed by atoms with Crippen molar-refractivity contribution >= 4 is 17.2 Å². The van der Waals surface area contributed by atoms with E-state index in [1.807, 2.05) is 32.0 Å². The van der Waals surface area contributed by atoms with Crippen molar-refractivity contribution in [1.29, 1.82) is 0 Å². The zero-order chi connectivity index (χ0) is 18.4. The number of aromatic nitrogens is 3. The summed E-state index contributed by atoms with van der Waals surface area (Å²) in [5.74, 6) is -0.265. The lowest BCUT2D eigenvalue weighted by Crippen LogP contribution is -2.44. The summed E-state index contributed by atoms with van der Waals surface area (Å²) < 4.78 is 15.3. The zero-order valence-electron chi connectivity index (χ0n) is 14.8. The molecule has 134 valence electrons. The number of halogens is 1. The lowest BCUT2D eigenvalue weighted by molar-refractivity contribution is 0.0585. The van der Waals surface area contributed by atoms with Crippen molar-refractivity contribution in [3.63, 3.8) is 0 Å². The smallest absolute Gasteiger partial charge is 0.266 e.